The Kier molecular flexibility index (Phi) is 5.37. The van der Waals surface area contributed by atoms with Gasteiger partial charge in [0.1, 0.15) is 16.5 Å². The lowest BCUT2D eigenvalue weighted by atomic mass is 9.61. The van der Waals surface area contributed by atoms with Gasteiger partial charge in [-0.15, -0.1) is 11.3 Å². The first kappa shape index (κ1) is 22.6. The van der Waals surface area contributed by atoms with Gasteiger partial charge < -0.3 is 15.4 Å². The zero-order chi connectivity index (χ0) is 25.1. The van der Waals surface area contributed by atoms with Gasteiger partial charge in [0.05, 0.1) is 28.2 Å². The van der Waals surface area contributed by atoms with Gasteiger partial charge in [0.15, 0.2) is 11.5 Å². The van der Waals surface area contributed by atoms with E-state index >= 15 is 0 Å². The van der Waals surface area contributed by atoms with Crippen molar-refractivity contribution in [2.75, 3.05) is 5.32 Å². The number of anilines is 1. The number of rotatable bonds is 5. The molecule has 2 bridgehead atoms. The molecule has 3 N–H and O–H groups in total. The van der Waals surface area contributed by atoms with E-state index in [1.165, 1.54) is 10.9 Å². The van der Waals surface area contributed by atoms with Crippen molar-refractivity contribution in [2.45, 2.75) is 31.7 Å². The molecule has 186 valence electrons. The van der Waals surface area contributed by atoms with Crippen molar-refractivity contribution in [3.63, 3.8) is 0 Å². The fraction of sp³-hybridized carbons (Fsp3) is 0.296. The van der Waals surface area contributed by atoms with E-state index in [0.29, 0.717) is 34.3 Å². The molecule has 3 saturated carbocycles. The Morgan fingerprint density at radius 3 is 2.70 bits per heavy atom. The summed E-state index contributed by atoms with van der Waals surface area (Å²) in [5, 5.41) is 15.1. The minimum absolute atomic E-state index is 0.166. The smallest absolute Gasteiger partial charge is 0.308 e. The highest BCUT2D eigenvalue weighted by atomic mass is 35.5. The lowest BCUT2D eigenvalue weighted by Gasteiger charge is -2.47. The van der Waals surface area contributed by atoms with Gasteiger partial charge in [-0.1, -0.05) is 29.8 Å². The van der Waals surface area contributed by atoms with Crippen LogP contribution in [0.25, 0.3) is 43.2 Å². The number of benzene rings is 1. The van der Waals surface area contributed by atoms with Crippen LogP contribution < -0.4 is 5.32 Å². The van der Waals surface area contributed by atoms with Crippen molar-refractivity contribution in [3.8, 4) is 22.0 Å². The summed E-state index contributed by atoms with van der Waals surface area (Å²) in [6.07, 6.45) is 7.34. The van der Waals surface area contributed by atoms with Gasteiger partial charge in [-0.3, -0.25) is 4.79 Å². The van der Waals surface area contributed by atoms with E-state index in [4.69, 9.17) is 21.6 Å². The van der Waals surface area contributed by atoms with Crippen LogP contribution in [0.5, 0.6) is 0 Å². The highest BCUT2D eigenvalue weighted by Gasteiger charge is 2.47. The van der Waals surface area contributed by atoms with Crippen LogP contribution in [-0.4, -0.2) is 42.0 Å². The van der Waals surface area contributed by atoms with E-state index < -0.39 is 11.9 Å². The zero-order valence-corrected chi connectivity index (χ0v) is 21.3. The third-order valence-electron chi connectivity index (χ3n) is 7.82. The molecule has 0 saturated heterocycles. The van der Waals surface area contributed by atoms with Gasteiger partial charge in [-0.05, 0) is 55.0 Å². The zero-order valence-electron chi connectivity index (χ0n) is 19.7. The van der Waals surface area contributed by atoms with E-state index in [9.17, 15) is 9.90 Å². The van der Waals surface area contributed by atoms with Gasteiger partial charge in [0.2, 0.25) is 0 Å². The minimum Gasteiger partial charge on any atom is -0.481 e. The van der Waals surface area contributed by atoms with Gasteiger partial charge in [0.25, 0.3) is 0 Å². The second kappa shape index (κ2) is 8.78. The second-order valence-electron chi connectivity index (χ2n) is 9.91. The Morgan fingerprint density at radius 2 is 1.89 bits per heavy atom. The monoisotopic (exact) mass is 530 g/mol. The fourth-order valence-corrected chi connectivity index (χ4v) is 7.26. The lowest BCUT2D eigenvalue weighted by Crippen LogP contribution is -2.51. The van der Waals surface area contributed by atoms with Crippen LogP contribution in [0.1, 0.15) is 25.7 Å². The summed E-state index contributed by atoms with van der Waals surface area (Å²) in [5.41, 5.74) is 2.65. The number of nitrogens with one attached hydrogen (secondary N) is 2. The van der Waals surface area contributed by atoms with Crippen molar-refractivity contribution in [1.29, 1.82) is 0 Å². The summed E-state index contributed by atoms with van der Waals surface area (Å²) in [6.45, 7) is 0. The number of aromatic amines is 1. The number of fused-ring (bicyclic) bond motifs is 5. The molecule has 3 aliphatic carbocycles. The highest BCUT2D eigenvalue weighted by molar-refractivity contribution is 7.22. The predicted molar refractivity (Wildman–Crippen MR) is 145 cm³/mol. The minimum atomic E-state index is -0.729. The van der Waals surface area contributed by atoms with E-state index in [0.717, 1.165) is 41.6 Å². The molecular formula is C27H23ClN6O2S. The van der Waals surface area contributed by atoms with Crippen molar-refractivity contribution in [1.82, 2.24) is 24.9 Å². The molecule has 1 aromatic carbocycles. The van der Waals surface area contributed by atoms with Crippen LogP contribution in [0.2, 0.25) is 5.15 Å². The largest absolute Gasteiger partial charge is 0.481 e. The molecule has 10 heteroatoms. The molecule has 4 heterocycles. The maximum Gasteiger partial charge on any atom is 0.308 e. The topological polar surface area (TPSA) is 117 Å². The summed E-state index contributed by atoms with van der Waals surface area (Å²) in [4.78, 5) is 35.0. The van der Waals surface area contributed by atoms with Gasteiger partial charge in [0, 0.05) is 23.0 Å². The first-order chi connectivity index (χ1) is 18.0. The number of carbonyl (C=O) groups is 1. The molecule has 3 aliphatic rings. The molecule has 0 aliphatic heterocycles. The van der Waals surface area contributed by atoms with Crippen LogP contribution in [-0.2, 0) is 4.79 Å². The summed E-state index contributed by atoms with van der Waals surface area (Å²) >= 11 is 7.82. The Balaban J connectivity index is 1.36. The Labute approximate surface area is 221 Å². The van der Waals surface area contributed by atoms with Gasteiger partial charge in [-0.2, -0.15) is 0 Å². The molecule has 0 amide bonds. The molecule has 8 rings (SSSR count). The number of carboxylic acid groups (broad SMARTS) is 1. The van der Waals surface area contributed by atoms with E-state index in [1.54, 1.807) is 17.5 Å². The standard InChI is InChI=1S/C27H23ClN6O2S/c28-20-12-30-26-24(32-20)16(11-29-26)25-31-17(19-9-15-3-1-2-4-18(15)37-19)10-21(34-25)33-23-14-7-5-13(6-8-14)22(23)27(35)36/h1-4,9-14,22-23H,5-8H2,(H,29,30)(H,35,36)(H,31,33,34)/t13?,14?,22-,23-/m0/s1. The maximum atomic E-state index is 12.3. The van der Waals surface area contributed by atoms with Crippen molar-refractivity contribution < 1.29 is 9.90 Å². The Bertz CT molecular complexity index is 1620. The summed E-state index contributed by atoms with van der Waals surface area (Å²) in [7, 11) is 0. The summed E-state index contributed by atoms with van der Waals surface area (Å²) in [6, 6.07) is 12.1. The molecule has 2 atom stereocenters. The number of thiophene rings is 1. The molecular weight excluding hydrogens is 508 g/mol. The second-order valence-corrected chi connectivity index (χ2v) is 11.4. The lowest BCUT2D eigenvalue weighted by molar-refractivity contribution is -0.148. The maximum absolute atomic E-state index is 12.3. The van der Waals surface area contributed by atoms with Crippen LogP contribution in [0, 0.1) is 17.8 Å². The molecule has 0 radical (unpaired) electrons. The number of hydrogen-bond donors (Lipinski definition) is 3. The average molecular weight is 531 g/mol. The van der Waals surface area contributed by atoms with Crippen LogP contribution in [0.15, 0.2) is 48.8 Å². The molecule has 0 unspecified atom stereocenters. The highest BCUT2D eigenvalue weighted by Crippen LogP contribution is 2.46. The number of hydrogen-bond acceptors (Lipinski definition) is 7. The Morgan fingerprint density at radius 1 is 1.08 bits per heavy atom. The SMILES string of the molecule is O=C(O)[C@H]1C2CCC(CC2)[C@@H]1Nc1cc(-c2cc3ccccc3s2)nc(-c2c[nH]c3ncc(Cl)nc23)n1. The van der Waals surface area contributed by atoms with Crippen molar-refractivity contribution >= 4 is 56.0 Å². The molecule has 5 aromatic rings. The third kappa shape index (κ3) is 3.93. The van der Waals surface area contributed by atoms with E-state index in [2.05, 4.69) is 38.5 Å². The van der Waals surface area contributed by atoms with Gasteiger partial charge in [-0.25, -0.2) is 19.9 Å². The number of aliphatic carboxylic acids is 1. The van der Waals surface area contributed by atoms with Crippen molar-refractivity contribution in [2.24, 2.45) is 17.8 Å². The van der Waals surface area contributed by atoms with Crippen LogP contribution >= 0.6 is 22.9 Å². The molecule has 0 spiro atoms. The number of nitrogens with zero attached hydrogens (tertiary/aromatic N) is 4. The fourth-order valence-electron chi connectivity index (χ4n) is 6.10. The van der Waals surface area contributed by atoms with Gasteiger partial charge >= 0.3 is 5.97 Å². The number of halogens is 1. The predicted octanol–water partition coefficient (Wildman–Crippen LogP) is 6.25. The average Bonchev–Trinajstić information content (AvgIpc) is 3.53. The quantitative estimate of drug-likeness (QED) is 0.246. The van der Waals surface area contributed by atoms with Crippen LogP contribution in [0.4, 0.5) is 5.82 Å². The first-order valence-electron chi connectivity index (χ1n) is 12.4. The summed E-state index contributed by atoms with van der Waals surface area (Å²) in [5.74, 6) is 0.465. The first-order valence-corrected chi connectivity index (χ1v) is 13.6. The number of H-pyrrole nitrogens is 1. The normalized spacial score (nSPS) is 23.1. The number of aromatic nitrogens is 5. The molecule has 3 fully saturated rings. The third-order valence-corrected chi connectivity index (χ3v) is 9.14. The molecule has 4 aromatic heterocycles. The summed E-state index contributed by atoms with van der Waals surface area (Å²) < 4.78 is 1.17. The number of carboxylic acids is 1. The van der Waals surface area contributed by atoms with E-state index in [1.807, 2.05) is 18.2 Å². The van der Waals surface area contributed by atoms with E-state index in [-0.39, 0.29) is 17.1 Å². The molecule has 37 heavy (non-hydrogen) atoms. The molecule has 8 nitrogen and oxygen atoms in total. The van der Waals surface area contributed by atoms with Crippen LogP contribution in [0.3, 0.4) is 0 Å². The Hall–Kier alpha value is -3.56. The van der Waals surface area contributed by atoms with Crippen molar-refractivity contribution in [3.05, 3.63) is 53.9 Å².